The van der Waals surface area contributed by atoms with Crippen LogP contribution in [-0.2, 0) is 16.1 Å². The van der Waals surface area contributed by atoms with Gasteiger partial charge in [-0.1, -0.05) is 12.1 Å². The summed E-state index contributed by atoms with van der Waals surface area (Å²) < 4.78 is 5.30. The largest absolute Gasteiger partial charge is 0.378 e. The average molecular weight is 302 g/mol. The SMILES string of the molecule is NC(=NCc1ccc(N2CCCC2=O)cc1)N1CCOCC1. The molecule has 0 radical (unpaired) electrons. The Kier molecular flexibility index (Phi) is 4.58. The molecule has 6 heteroatoms. The Morgan fingerprint density at radius 2 is 1.91 bits per heavy atom. The van der Waals surface area contributed by atoms with E-state index in [1.807, 2.05) is 34.1 Å². The molecule has 0 unspecified atom stereocenters. The van der Waals surface area contributed by atoms with Crippen molar-refractivity contribution in [2.24, 2.45) is 10.7 Å². The number of nitrogens with two attached hydrogens (primary N) is 1. The van der Waals surface area contributed by atoms with E-state index in [0.717, 1.165) is 37.3 Å². The molecule has 2 fully saturated rings. The predicted octanol–water partition coefficient (Wildman–Crippen LogP) is 0.960. The van der Waals surface area contributed by atoms with Gasteiger partial charge in [-0.15, -0.1) is 0 Å². The lowest BCUT2D eigenvalue weighted by molar-refractivity contribution is -0.117. The van der Waals surface area contributed by atoms with Gasteiger partial charge in [-0.25, -0.2) is 4.99 Å². The molecule has 1 aromatic carbocycles. The lowest BCUT2D eigenvalue weighted by Crippen LogP contribution is -2.44. The van der Waals surface area contributed by atoms with E-state index in [0.29, 0.717) is 32.1 Å². The van der Waals surface area contributed by atoms with Crippen LogP contribution in [0.5, 0.6) is 0 Å². The Bertz CT molecular complexity index is 550. The standard InChI is InChI=1S/C16H22N4O2/c17-16(19-8-10-22-11-9-19)18-12-13-3-5-14(6-4-13)20-7-1-2-15(20)21/h3-6H,1-2,7-12H2,(H2,17,18). The van der Waals surface area contributed by atoms with E-state index in [1.165, 1.54) is 0 Å². The van der Waals surface area contributed by atoms with Crippen molar-refractivity contribution < 1.29 is 9.53 Å². The van der Waals surface area contributed by atoms with Gasteiger partial charge in [0.1, 0.15) is 0 Å². The van der Waals surface area contributed by atoms with E-state index in [4.69, 9.17) is 10.5 Å². The van der Waals surface area contributed by atoms with Crippen molar-refractivity contribution in [3.63, 3.8) is 0 Å². The van der Waals surface area contributed by atoms with Gasteiger partial charge in [0, 0.05) is 31.7 Å². The van der Waals surface area contributed by atoms with Gasteiger partial charge in [-0.05, 0) is 24.1 Å². The van der Waals surface area contributed by atoms with E-state index in [9.17, 15) is 4.79 Å². The summed E-state index contributed by atoms with van der Waals surface area (Å²) in [5.41, 5.74) is 8.07. The van der Waals surface area contributed by atoms with Crippen LogP contribution in [-0.4, -0.2) is 49.6 Å². The average Bonchev–Trinajstić information content (AvgIpc) is 3.00. The minimum atomic E-state index is 0.210. The molecule has 22 heavy (non-hydrogen) atoms. The molecule has 2 heterocycles. The Balaban J connectivity index is 1.59. The van der Waals surface area contributed by atoms with Crippen LogP contribution in [0.2, 0.25) is 0 Å². The number of ether oxygens (including phenoxy) is 1. The number of nitrogens with zero attached hydrogens (tertiary/aromatic N) is 3. The second kappa shape index (κ2) is 6.79. The molecule has 0 spiro atoms. The van der Waals surface area contributed by atoms with Crippen molar-refractivity contribution in [1.29, 1.82) is 0 Å². The van der Waals surface area contributed by atoms with E-state index >= 15 is 0 Å². The number of amides is 1. The first-order chi connectivity index (χ1) is 10.7. The number of carbonyl (C=O) groups is 1. The van der Waals surface area contributed by atoms with Crippen LogP contribution < -0.4 is 10.6 Å². The molecule has 2 N–H and O–H groups in total. The maximum Gasteiger partial charge on any atom is 0.227 e. The first kappa shape index (κ1) is 14.8. The first-order valence-corrected chi connectivity index (χ1v) is 7.76. The van der Waals surface area contributed by atoms with Crippen LogP contribution in [0.1, 0.15) is 18.4 Å². The van der Waals surface area contributed by atoms with E-state index in [1.54, 1.807) is 0 Å². The lowest BCUT2D eigenvalue weighted by Gasteiger charge is -2.27. The van der Waals surface area contributed by atoms with Gasteiger partial charge < -0.3 is 20.3 Å². The maximum absolute atomic E-state index is 11.7. The molecule has 0 aromatic heterocycles. The molecule has 0 saturated carbocycles. The summed E-state index contributed by atoms with van der Waals surface area (Å²) >= 11 is 0. The monoisotopic (exact) mass is 302 g/mol. The number of morpholine rings is 1. The fraction of sp³-hybridized carbons (Fsp3) is 0.500. The molecule has 1 amide bonds. The van der Waals surface area contributed by atoms with Crippen LogP contribution in [0, 0.1) is 0 Å². The minimum absolute atomic E-state index is 0.210. The van der Waals surface area contributed by atoms with Crippen LogP contribution in [0.25, 0.3) is 0 Å². The molecular formula is C16H22N4O2. The van der Waals surface area contributed by atoms with Crippen LogP contribution >= 0.6 is 0 Å². The summed E-state index contributed by atoms with van der Waals surface area (Å²) in [5, 5.41) is 0. The lowest BCUT2D eigenvalue weighted by atomic mass is 10.2. The maximum atomic E-state index is 11.7. The summed E-state index contributed by atoms with van der Waals surface area (Å²) in [6, 6.07) is 7.99. The van der Waals surface area contributed by atoms with E-state index < -0.39 is 0 Å². The predicted molar refractivity (Wildman–Crippen MR) is 85.7 cm³/mol. The molecule has 0 bridgehead atoms. The molecule has 1 aromatic rings. The minimum Gasteiger partial charge on any atom is -0.378 e. The second-order valence-corrected chi connectivity index (χ2v) is 5.59. The Morgan fingerprint density at radius 1 is 1.18 bits per heavy atom. The van der Waals surface area contributed by atoms with Crippen molar-refractivity contribution in [3.8, 4) is 0 Å². The summed E-state index contributed by atoms with van der Waals surface area (Å²) in [6.45, 7) is 4.37. The van der Waals surface area contributed by atoms with Crippen molar-refractivity contribution in [3.05, 3.63) is 29.8 Å². The van der Waals surface area contributed by atoms with E-state index in [-0.39, 0.29) is 5.91 Å². The van der Waals surface area contributed by atoms with Gasteiger partial charge in [0.05, 0.1) is 19.8 Å². The number of carbonyl (C=O) groups excluding carboxylic acids is 1. The number of guanidine groups is 1. The third kappa shape index (κ3) is 3.39. The Labute approximate surface area is 130 Å². The summed E-state index contributed by atoms with van der Waals surface area (Å²) in [5.74, 6) is 0.782. The zero-order valence-corrected chi connectivity index (χ0v) is 12.7. The fourth-order valence-electron chi connectivity index (χ4n) is 2.77. The highest BCUT2D eigenvalue weighted by atomic mass is 16.5. The van der Waals surface area contributed by atoms with Crippen molar-refractivity contribution in [1.82, 2.24) is 4.90 Å². The highest BCUT2D eigenvalue weighted by Crippen LogP contribution is 2.21. The molecule has 2 saturated heterocycles. The van der Waals surface area contributed by atoms with Gasteiger partial charge in [0.15, 0.2) is 5.96 Å². The highest BCUT2D eigenvalue weighted by molar-refractivity contribution is 5.95. The number of hydrogen-bond donors (Lipinski definition) is 1. The topological polar surface area (TPSA) is 71.2 Å². The molecule has 2 aliphatic rings. The molecular weight excluding hydrogens is 280 g/mol. The molecule has 3 rings (SSSR count). The number of hydrogen-bond acceptors (Lipinski definition) is 3. The van der Waals surface area contributed by atoms with Crippen LogP contribution in [0.15, 0.2) is 29.3 Å². The van der Waals surface area contributed by atoms with Gasteiger partial charge in [-0.2, -0.15) is 0 Å². The molecule has 2 aliphatic heterocycles. The summed E-state index contributed by atoms with van der Waals surface area (Å²) in [4.78, 5) is 20.1. The van der Waals surface area contributed by atoms with Crippen molar-refractivity contribution >= 4 is 17.6 Å². The van der Waals surface area contributed by atoms with E-state index in [2.05, 4.69) is 4.99 Å². The van der Waals surface area contributed by atoms with Gasteiger partial charge >= 0.3 is 0 Å². The van der Waals surface area contributed by atoms with Gasteiger partial charge in [0.2, 0.25) is 5.91 Å². The number of rotatable bonds is 3. The zero-order valence-electron chi connectivity index (χ0n) is 12.7. The number of anilines is 1. The highest BCUT2D eigenvalue weighted by Gasteiger charge is 2.21. The second-order valence-electron chi connectivity index (χ2n) is 5.59. The molecule has 6 nitrogen and oxygen atoms in total. The van der Waals surface area contributed by atoms with Gasteiger partial charge in [-0.3, -0.25) is 4.79 Å². The molecule has 0 aliphatic carbocycles. The molecule has 0 atom stereocenters. The summed E-state index contributed by atoms with van der Waals surface area (Å²) in [7, 11) is 0. The first-order valence-electron chi connectivity index (χ1n) is 7.76. The quantitative estimate of drug-likeness (QED) is 0.667. The fourth-order valence-corrected chi connectivity index (χ4v) is 2.77. The summed E-state index contributed by atoms with van der Waals surface area (Å²) in [6.07, 6.45) is 1.60. The molecule has 118 valence electrons. The smallest absolute Gasteiger partial charge is 0.227 e. The van der Waals surface area contributed by atoms with Crippen molar-refractivity contribution in [2.45, 2.75) is 19.4 Å². The third-order valence-electron chi connectivity index (χ3n) is 4.08. The number of aliphatic imine (C=N–C) groups is 1. The van der Waals surface area contributed by atoms with Crippen LogP contribution in [0.3, 0.4) is 0 Å². The Hall–Kier alpha value is -2.08. The third-order valence-corrected chi connectivity index (χ3v) is 4.08. The number of benzene rings is 1. The Morgan fingerprint density at radius 3 is 2.55 bits per heavy atom. The van der Waals surface area contributed by atoms with Crippen molar-refractivity contribution in [2.75, 3.05) is 37.7 Å². The van der Waals surface area contributed by atoms with Gasteiger partial charge in [0.25, 0.3) is 0 Å². The van der Waals surface area contributed by atoms with Crippen LogP contribution in [0.4, 0.5) is 5.69 Å². The zero-order chi connectivity index (χ0) is 15.4. The normalized spacial score (nSPS) is 19.8.